The number of halogens is 2. The quantitative estimate of drug-likeness (QED) is 0.582. The van der Waals surface area contributed by atoms with Crippen LogP contribution in [0.3, 0.4) is 0 Å². The van der Waals surface area contributed by atoms with Crippen LogP contribution in [0.1, 0.15) is 43.6 Å². The first kappa shape index (κ1) is 13.5. The number of carbonyl (C=O) groups excluding carboxylic acids is 1. The lowest BCUT2D eigenvalue weighted by Gasteiger charge is -2.18. The van der Waals surface area contributed by atoms with Gasteiger partial charge in [0.25, 0.3) is 0 Å². The Bertz CT molecular complexity index is 380. The summed E-state index contributed by atoms with van der Waals surface area (Å²) in [5, 5.41) is 0. The second-order valence-corrected chi connectivity index (χ2v) is 6.74. The lowest BCUT2D eigenvalue weighted by atomic mass is 9.96. The molecule has 0 fully saturated rings. The molecule has 0 amide bonds. The Kier molecular flexibility index (Phi) is 3.71. The monoisotopic (exact) mass is 258 g/mol. The van der Waals surface area contributed by atoms with Crippen LogP contribution in [0, 0.1) is 0 Å². The molecule has 0 spiro atoms. The molecule has 0 heterocycles. The van der Waals surface area contributed by atoms with Crippen molar-refractivity contribution in [3.63, 3.8) is 0 Å². The Labute approximate surface area is 107 Å². The van der Waals surface area contributed by atoms with Crippen molar-refractivity contribution in [2.24, 2.45) is 0 Å². The van der Waals surface area contributed by atoms with Gasteiger partial charge in [-0.1, -0.05) is 24.3 Å². The molecule has 16 heavy (non-hydrogen) atoms. The minimum absolute atomic E-state index is 0.0758. The minimum Gasteiger partial charge on any atom is -0.292 e. The summed E-state index contributed by atoms with van der Waals surface area (Å²) in [6.07, 6.45) is 0. The topological polar surface area (TPSA) is 17.1 Å². The van der Waals surface area contributed by atoms with Crippen LogP contribution in [-0.4, -0.2) is 10.7 Å². The van der Waals surface area contributed by atoms with Crippen molar-refractivity contribution in [1.29, 1.82) is 0 Å². The summed E-state index contributed by atoms with van der Waals surface area (Å²) >= 11 is 12.1. The third-order valence-corrected chi connectivity index (χ3v) is 2.76. The molecule has 0 bridgehead atoms. The number of rotatable bonds is 3. The summed E-state index contributed by atoms with van der Waals surface area (Å²) < 4.78 is 0. The van der Waals surface area contributed by atoms with Gasteiger partial charge < -0.3 is 0 Å². The van der Waals surface area contributed by atoms with E-state index in [0.717, 1.165) is 5.56 Å². The van der Waals surface area contributed by atoms with Crippen molar-refractivity contribution >= 4 is 29.0 Å². The fourth-order valence-electron chi connectivity index (χ4n) is 1.36. The number of alkyl halides is 2. The molecule has 1 nitrogen and oxygen atoms in total. The van der Waals surface area contributed by atoms with Crippen molar-refractivity contribution in [2.45, 2.75) is 37.4 Å². The summed E-state index contributed by atoms with van der Waals surface area (Å²) in [5.41, 5.74) is 1.60. The molecular weight excluding hydrogens is 243 g/mol. The van der Waals surface area contributed by atoms with Gasteiger partial charge in [0.2, 0.25) is 0 Å². The fraction of sp³-hybridized carbons (Fsp3) is 0.462. The predicted octanol–water partition coefficient (Wildman–Crippen LogP) is 4.36. The van der Waals surface area contributed by atoms with Crippen molar-refractivity contribution < 1.29 is 4.79 Å². The smallest absolute Gasteiger partial charge is 0.183 e. The third-order valence-electron chi connectivity index (χ3n) is 2.37. The molecule has 0 aliphatic rings. The van der Waals surface area contributed by atoms with Crippen molar-refractivity contribution in [3.8, 4) is 0 Å². The van der Waals surface area contributed by atoms with Crippen LogP contribution in [0.4, 0.5) is 0 Å². The molecule has 0 atom stereocenters. The van der Waals surface area contributed by atoms with Crippen LogP contribution in [-0.2, 0) is 4.87 Å². The van der Waals surface area contributed by atoms with Crippen LogP contribution < -0.4 is 0 Å². The van der Waals surface area contributed by atoms with Gasteiger partial charge in [0.15, 0.2) is 5.78 Å². The third kappa shape index (κ3) is 3.23. The first-order valence-electron chi connectivity index (χ1n) is 5.15. The van der Waals surface area contributed by atoms with Crippen LogP contribution in [0.25, 0.3) is 0 Å². The Morgan fingerprint density at radius 1 is 1.00 bits per heavy atom. The van der Waals surface area contributed by atoms with Crippen LogP contribution in [0.2, 0.25) is 0 Å². The first-order valence-corrected chi connectivity index (χ1v) is 5.91. The fourth-order valence-corrected chi connectivity index (χ4v) is 1.60. The molecule has 0 unspecified atom stereocenters. The van der Waals surface area contributed by atoms with E-state index in [1.165, 1.54) is 0 Å². The highest BCUT2D eigenvalue weighted by Crippen LogP contribution is 2.28. The number of ketones is 1. The molecule has 0 saturated carbocycles. The number of benzene rings is 1. The van der Waals surface area contributed by atoms with Crippen LogP contribution >= 0.6 is 23.2 Å². The Hall–Kier alpha value is -0.530. The average molecular weight is 259 g/mol. The highest BCUT2D eigenvalue weighted by molar-refractivity contribution is 6.37. The Balaban J connectivity index is 3.01. The lowest BCUT2D eigenvalue weighted by Crippen LogP contribution is -2.24. The maximum Gasteiger partial charge on any atom is 0.183 e. The van der Waals surface area contributed by atoms with Crippen molar-refractivity contribution in [1.82, 2.24) is 0 Å². The average Bonchev–Trinajstić information content (AvgIpc) is 2.14. The normalized spacial score (nSPS) is 12.6. The van der Waals surface area contributed by atoms with Gasteiger partial charge in [-0.2, -0.15) is 0 Å². The standard InChI is InChI=1S/C13H16Cl2O/c1-12(2,14)10-7-5-9(6-8-10)11(16)13(3,4)15/h5-8H,1-4H3. The van der Waals surface area contributed by atoms with Gasteiger partial charge in [0.1, 0.15) is 4.87 Å². The lowest BCUT2D eigenvalue weighted by molar-refractivity contribution is 0.0954. The second-order valence-electron chi connectivity index (χ2n) is 4.85. The van der Waals surface area contributed by atoms with E-state index in [-0.39, 0.29) is 5.78 Å². The molecule has 0 aliphatic carbocycles. The zero-order valence-corrected chi connectivity index (χ0v) is 11.5. The van der Waals surface area contributed by atoms with E-state index in [0.29, 0.717) is 5.56 Å². The Morgan fingerprint density at radius 3 is 1.75 bits per heavy atom. The van der Waals surface area contributed by atoms with Crippen molar-refractivity contribution in [3.05, 3.63) is 35.4 Å². The van der Waals surface area contributed by atoms with Gasteiger partial charge >= 0.3 is 0 Å². The molecule has 0 radical (unpaired) electrons. The number of hydrogen-bond acceptors (Lipinski definition) is 1. The molecule has 0 saturated heterocycles. The largest absolute Gasteiger partial charge is 0.292 e. The van der Waals surface area contributed by atoms with Gasteiger partial charge in [-0.25, -0.2) is 0 Å². The van der Waals surface area contributed by atoms with Crippen LogP contribution in [0.5, 0.6) is 0 Å². The maximum atomic E-state index is 11.9. The molecule has 1 aromatic carbocycles. The van der Waals surface area contributed by atoms with Gasteiger partial charge in [0.05, 0.1) is 4.87 Å². The molecule has 0 aromatic heterocycles. The highest BCUT2D eigenvalue weighted by atomic mass is 35.5. The summed E-state index contributed by atoms with van der Waals surface area (Å²) in [4.78, 5) is 10.6. The number of carbonyl (C=O) groups is 1. The van der Waals surface area contributed by atoms with E-state index < -0.39 is 9.75 Å². The van der Waals surface area contributed by atoms with Gasteiger partial charge in [-0.3, -0.25) is 4.79 Å². The summed E-state index contributed by atoms with van der Waals surface area (Å²) in [5.74, 6) is -0.0758. The number of Topliss-reactive ketones (excluding diaryl/α,β-unsaturated/α-hetero) is 1. The summed E-state index contributed by atoms with van der Waals surface area (Å²) in [7, 11) is 0. The number of hydrogen-bond donors (Lipinski definition) is 0. The zero-order valence-electron chi connectivity index (χ0n) is 9.97. The molecular formula is C13H16Cl2O. The van der Waals surface area contributed by atoms with Gasteiger partial charge in [-0.15, -0.1) is 23.2 Å². The first-order chi connectivity index (χ1) is 7.12. The molecule has 1 aromatic rings. The zero-order chi connectivity index (χ0) is 12.6. The van der Waals surface area contributed by atoms with E-state index in [1.807, 2.05) is 26.0 Å². The Morgan fingerprint density at radius 2 is 1.44 bits per heavy atom. The molecule has 1 rings (SSSR count). The summed E-state index contributed by atoms with van der Waals surface area (Å²) in [6, 6.07) is 7.27. The van der Waals surface area contributed by atoms with Crippen LogP contribution in [0.15, 0.2) is 24.3 Å². The van der Waals surface area contributed by atoms with E-state index >= 15 is 0 Å². The molecule has 0 N–H and O–H groups in total. The molecule has 88 valence electrons. The minimum atomic E-state index is -0.863. The van der Waals surface area contributed by atoms with E-state index in [1.54, 1.807) is 26.0 Å². The SMILES string of the molecule is CC(C)(Cl)C(=O)c1ccc(C(C)(C)Cl)cc1. The van der Waals surface area contributed by atoms with E-state index in [2.05, 4.69) is 0 Å². The molecule has 3 heteroatoms. The van der Waals surface area contributed by atoms with E-state index in [4.69, 9.17) is 23.2 Å². The predicted molar refractivity (Wildman–Crippen MR) is 69.6 cm³/mol. The van der Waals surface area contributed by atoms with Gasteiger partial charge in [0, 0.05) is 5.56 Å². The second kappa shape index (κ2) is 4.38. The van der Waals surface area contributed by atoms with E-state index in [9.17, 15) is 4.79 Å². The van der Waals surface area contributed by atoms with Gasteiger partial charge in [-0.05, 0) is 33.3 Å². The summed E-state index contributed by atoms with van der Waals surface area (Å²) in [6.45, 7) is 7.21. The molecule has 0 aliphatic heterocycles. The highest BCUT2D eigenvalue weighted by Gasteiger charge is 2.26. The maximum absolute atomic E-state index is 11.9. The van der Waals surface area contributed by atoms with Crippen molar-refractivity contribution in [2.75, 3.05) is 0 Å².